The first kappa shape index (κ1) is 20.1. The van der Waals surface area contributed by atoms with Gasteiger partial charge in [0.15, 0.2) is 20.6 Å². The largest absolute Gasteiger partial charge is 0.231 e. The normalized spacial score (nSPS) is 15.3. The zero-order valence-electron chi connectivity index (χ0n) is 14.2. The van der Waals surface area contributed by atoms with Crippen molar-refractivity contribution >= 4 is 116 Å². The van der Waals surface area contributed by atoms with E-state index in [1.807, 2.05) is 24.3 Å². The molecule has 0 aliphatic carbocycles. The molecule has 0 amide bonds. The van der Waals surface area contributed by atoms with Crippen molar-refractivity contribution < 1.29 is 0 Å². The fraction of sp³-hybridized carbons (Fsp3) is 0. The van der Waals surface area contributed by atoms with Crippen molar-refractivity contribution in [1.29, 1.82) is 0 Å². The van der Waals surface area contributed by atoms with Gasteiger partial charge < -0.3 is 0 Å². The standard InChI is InChI=1S/C18H4Cl4N4S4/c19-13-14(20)24-6-2-10-9(1-5(6)23-13)27-17(28-10)18-29-11-3-7-8(4-12(11)30-18)26-16(22)15(21)25-7/h1-4H. The van der Waals surface area contributed by atoms with Crippen molar-refractivity contribution in [3.8, 4) is 0 Å². The minimum Gasteiger partial charge on any atom is -0.231 e. The number of rotatable bonds is 0. The molecule has 148 valence electrons. The van der Waals surface area contributed by atoms with Crippen molar-refractivity contribution in [3.63, 3.8) is 0 Å². The number of fused-ring (bicyclic) bond motifs is 4. The fourth-order valence-corrected chi connectivity index (χ4v) is 8.87. The average Bonchev–Trinajstić information content (AvgIpc) is 3.29. The highest BCUT2D eigenvalue weighted by Crippen LogP contribution is 2.62. The van der Waals surface area contributed by atoms with Gasteiger partial charge in [-0.3, -0.25) is 0 Å². The van der Waals surface area contributed by atoms with Crippen LogP contribution >= 0.6 is 93.5 Å². The van der Waals surface area contributed by atoms with Crippen LogP contribution in [0.25, 0.3) is 22.1 Å². The van der Waals surface area contributed by atoms with Crippen LogP contribution in [0.2, 0.25) is 20.6 Å². The maximum absolute atomic E-state index is 6.03. The molecule has 0 bridgehead atoms. The summed E-state index contributed by atoms with van der Waals surface area (Å²) in [6.07, 6.45) is 0. The number of aromatic nitrogens is 4. The molecule has 6 rings (SSSR count). The summed E-state index contributed by atoms with van der Waals surface area (Å²) in [6.45, 7) is 0. The number of hydrogen-bond acceptors (Lipinski definition) is 8. The molecule has 4 aromatic rings. The lowest BCUT2D eigenvalue weighted by atomic mass is 10.3. The molecule has 0 N–H and O–H groups in total. The molecule has 0 unspecified atom stereocenters. The van der Waals surface area contributed by atoms with Gasteiger partial charge in [0.2, 0.25) is 0 Å². The number of thioether (sulfide) groups is 4. The Morgan fingerprint density at radius 3 is 0.900 bits per heavy atom. The van der Waals surface area contributed by atoms with Gasteiger partial charge in [-0.2, -0.15) is 0 Å². The van der Waals surface area contributed by atoms with Crippen LogP contribution in [-0.2, 0) is 0 Å². The third kappa shape index (κ3) is 3.36. The first-order valence-corrected chi connectivity index (χ1v) is 13.0. The summed E-state index contributed by atoms with van der Waals surface area (Å²) in [5.74, 6) is 0. The predicted octanol–water partition coefficient (Wildman–Crippen LogP) is 8.41. The zero-order valence-corrected chi connectivity index (χ0v) is 20.5. The molecule has 12 heteroatoms. The molecule has 0 saturated heterocycles. The van der Waals surface area contributed by atoms with Gasteiger partial charge in [0.1, 0.15) is 0 Å². The van der Waals surface area contributed by atoms with Gasteiger partial charge in [0.05, 0.1) is 30.5 Å². The van der Waals surface area contributed by atoms with Gasteiger partial charge in [-0.25, -0.2) is 19.9 Å². The zero-order chi connectivity index (χ0) is 20.6. The Hall–Kier alpha value is -0.580. The maximum atomic E-state index is 6.03. The van der Waals surface area contributed by atoms with E-state index >= 15 is 0 Å². The summed E-state index contributed by atoms with van der Waals surface area (Å²) in [7, 11) is 0. The second-order valence-corrected chi connectivity index (χ2v) is 12.3. The molecule has 30 heavy (non-hydrogen) atoms. The van der Waals surface area contributed by atoms with E-state index in [1.165, 1.54) is 8.47 Å². The lowest BCUT2D eigenvalue weighted by Crippen LogP contribution is -1.87. The highest BCUT2D eigenvalue weighted by molar-refractivity contribution is 8.30. The molecular formula is C18H4Cl4N4S4. The van der Waals surface area contributed by atoms with Crippen LogP contribution in [0.1, 0.15) is 0 Å². The van der Waals surface area contributed by atoms with Gasteiger partial charge in [-0.15, -0.1) is 0 Å². The summed E-state index contributed by atoms with van der Waals surface area (Å²) in [5, 5.41) is 0.853. The summed E-state index contributed by atoms with van der Waals surface area (Å²) in [5.41, 5.74) is 2.92. The Kier molecular flexibility index (Phi) is 5.01. The number of benzene rings is 2. The van der Waals surface area contributed by atoms with Crippen LogP contribution in [0.5, 0.6) is 0 Å². The first-order chi connectivity index (χ1) is 14.4. The number of hydrogen-bond donors (Lipinski definition) is 0. The summed E-state index contributed by atoms with van der Waals surface area (Å²) >= 11 is 31.0. The lowest BCUT2D eigenvalue weighted by molar-refractivity contribution is 1.22. The maximum Gasteiger partial charge on any atom is 0.167 e. The summed E-state index contributed by atoms with van der Waals surface area (Å²) in [4.78, 5) is 21.9. The molecule has 0 atom stereocenters. The van der Waals surface area contributed by atoms with Crippen LogP contribution in [0.3, 0.4) is 0 Å². The molecule has 0 spiro atoms. The Morgan fingerprint density at radius 1 is 0.433 bits per heavy atom. The van der Waals surface area contributed by atoms with Crippen molar-refractivity contribution in [1.82, 2.24) is 19.9 Å². The molecule has 2 aromatic carbocycles. The van der Waals surface area contributed by atoms with Gasteiger partial charge in [0, 0.05) is 19.6 Å². The fourth-order valence-electron chi connectivity index (χ4n) is 2.97. The Bertz CT molecular complexity index is 1250. The molecule has 4 heterocycles. The van der Waals surface area contributed by atoms with Crippen molar-refractivity contribution in [2.45, 2.75) is 19.6 Å². The van der Waals surface area contributed by atoms with E-state index in [1.54, 1.807) is 47.0 Å². The Balaban J connectivity index is 1.38. The van der Waals surface area contributed by atoms with Crippen molar-refractivity contribution in [2.24, 2.45) is 0 Å². The number of halogens is 4. The Morgan fingerprint density at radius 2 is 0.667 bits per heavy atom. The molecule has 2 aliphatic rings. The van der Waals surface area contributed by atoms with Crippen LogP contribution in [-0.4, -0.2) is 19.9 Å². The lowest BCUT2D eigenvalue weighted by Gasteiger charge is -2.01. The highest BCUT2D eigenvalue weighted by atomic mass is 35.5. The molecule has 2 aromatic heterocycles. The summed E-state index contributed by atoms with van der Waals surface area (Å²) in [6, 6.07) is 8.03. The minimum atomic E-state index is 0.213. The van der Waals surface area contributed by atoms with Gasteiger partial charge in [0.25, 0.3) is 0 Å². The van der Waals surface area contributed by atoms with Crippen LogP contribution in [0, 0.1) is 0 Å². The van der Waals surface area contributed by atoms with E-state index in [-0.39, 0.29) is 20.6 Å². The third-order valence-corrected chi connectivity index (χ3v) is 11.1. The predicted molar refractivity (Wildman–Crippen MR) is 130 cm³/mol. The van der Waals surface area contributed by atoms with Crippen LogP contribution in [0.15, 0.2) is 52.3 Å². The summed E-state index contributed by atoms with van der Waals surface area (Å²) < 4.78 is 2.43. The smallest absolute Gasteiger partial charge is 0.167 e. The van der Waals surface area contributed by atoms with E-state index in [0.29, 0.717) is 0 Å². The molecular weight excluding hydrogens is 542 g/mol. The minimum absolute atomic E-state index is 0.213. The van der Waals surface area contributed by atoms with E-state index < -0.39 is 0 Å². The van der Waals surface area contributed by atoms with E-state index in [4.69, 9.17) is 46.4 Å². The molecule has 2 aliphatic heterocycles. The average molecular weight is 546 g/mol. The molecule has 4 nitrogen and oxygen atoms in total. The monoisotopic (exact) mass is 544 g/mol. The van der Waals surface area contributed by atoms with Gasteiger partial charge in [-0.1, -0.05) is 93.5 Å². The molecule has 0 fully saturated rings. The van der Waals surface area contributed by atoms with Crippen molar-refractivity contribution in [3.05, 3.63) is 53.4 Å². The second kappa shape index (κ2) is 7.49. The third-order valence-electron chi connectivity index (χ3n) is 4.27. The van der Waals surface area contributed by atoms with E-state index in [0.717, 1.165) is 41.6 Å². The Labute approximate surface area is 206 Å². The topological polar surface area (TPSA) is 51.6 Å². The SMILES string of the molecule is Clc1nc2cc3c(cc2nc1Cl)SC(=C1Sc2cc4nc(Cl)c(Cl)nc4cc2S1)S3. The quantitative estimate of drug-likeness (QED) is 0.218. The van der Waals surface area contributed by atoms with Gasteiger partial charge >= 0.3 is 0 Å². The molecule has 0 saturated carbocycles. The van der Waals surface area contributed by atoms with Crippen LogP contribution in [0.4, 0.5) is 0 Å². The molecule has 0 radical (unpaired) electrons. The second-order valence-electron chi connectivity index (χ2n) is 6.17. The first-order valence-electron chi connectivity index (χ1n) is 8.24. The van der Waals surface area contributed by atoms with Crippen LogP contribution < -0.4 is 0 Å². The van der Waals surface area contributed by atoms with Crippen molar-refractivity contribution in [2.75, 3.05) is 0 Å². The number of nitrogens with zero attached hydrogens (tertiary/aromatic N) is 4. The van der Waals surface area contributed by atoms with Gasteiger partial charge in [-0.05, 0) is 24.3 Å². The van der Waals surface area contributed by atoms with E-state index in [2.05, 4.69) is 19.9 Å². The highest BCUT2D eigenvalue weighted by Gasteiger charge is 2.28. The van der Waals surface area contributed by atoms with E-state index in [9.17, 15) is 0 Å².